The molecular weight excluding hydrogens is 212 g/mol. The van der Waals surface area contributed by atoms with Crippen molar-refractivity contribution in [3.05, 3.63) is 36.5 Å². The number of carbonyl (C=O) groups is 1. The third-order valence-corrected chi connectivity index (χ3v) is 2.40. The van der Waals surface area contributed by atoms with Gasteiger partial charge in [-0.25, -0.2) is 0 Å². The first-order valence-electron chi connectivity index (χ1n) is 5.53. The van der Waals surface area contributed by atoms with Crippen molar-refractivity contribution in [2.75, 3.05) is 0 Å². The molecule has 1 heterocycles. The maximum Gasteiger partial charge on any atom is 0.135 e. The first-order chi connectivity index (χ1) is 8.15. The Balaban J connectivity index is 2.33. The molecule has 0 bridgehead atoms. The number of fused-ring (bicyclic) bond motifs is 1. The first kappa shape index (κ1) is 11.5. The topological polar surface area (TPSA) is 42.3 Å². The Morgan fingerprint density at radius 3 is 2.82 bits per heavy atom. The van der Waals surface area contributed by atoms with Gasteiger partial charge in [-0.05, 0) is 26.0 Å². The zero-order valence-electron chi connectivity index (χ0n) is 9.97. The SMILES string of the molecule is CC(=O)C/C(C)=N/c1cnc2ccccc2c1. The van der Waals surface area contributed by atoms with Crippen LogP contribution < -0.4 is 0 Å². The molecule has 3 heteroatoms. The van der Waals surface area contributed by atoms with E-state index in [4.69, 9.17) is 0 Å². The van der Waals surface area contributed by atoms with Crippen molar-refractivity contribution in [1.29, 1.82) is 0 Å². The van der Waals surface area contributed by atoms with Crippen LogP contribution in [-0.4, -0.2) is 16.5 Å². The van der Waals surface area contributed by atoms with Crippen LogP contribution in [0.3, 0.4) is 0 Å². The number of pyridine rings is 1. The number of hydrogen-bond donors (Lipinski definition) is 0. The molecule has 17 heavy (non-hydrogen) atoms. The van der Waals surface area contributed by atoms with E-state index in [0.29, 0.717) is 6.42 Å². The van der Waals surface area contributed by atoms with Gasteiger partial charge < -0.3 is 0 Å². The zero-order chi connectivity index (χ0) is 12.3. The van der Waals surface area contributed by atoms with Gasteiger partial charge in [-0.1, -0.05) is 18.2 Å². The Labute approximate surface area is 100 Å². The minimum absolute atomic E-state index is 0.125. The van der Waals surface area contributed by atoms with E-state index in [2.05, 4.69) is 9.98 Å². The molecule has 1 aromatic carbocycles. The van der Waals surface area contributed by atoms with Crippen molar-refractivity contribution in [3.63, 3.8) is 0 Å². The Kier molecular flexibility index (Phi) is 3.28. The van der Waals surface area contributed by atoms with Gasteiger partial charge in [0.05, 0.1) is 17.4 Å². The number of hydrogen-bond acceptors (Lipinski definition) is 3. The maximum atomic E-state index is 11.0. The second-order valence-electron chi connectivity index (χ2n) is 4.11. The lowest BCUT2D eigenvalue weighted by Crippen LogP contribution is -1.99. The lowest BCUT2D eigenvalue weighted by molar-refractivity contribution is -0.115. The Bertz CT molecular complexity index is 588. The third-order valence-electron chi connectivity index (χ3n) is 2.40. The number of ketones is 1. The van der Waals surface area contributed by atoms with Crippen molar-refractivity contribution >= 4 is 28.1 Å². The third kappa shape index (κ3) is 2.97. The fourth-order valence-corrected chi connectivity index (χ4v) is 1.74. The van der Waals surface area contributed by atoms with Gasteiger partial charge in [0.2, 0.25) is 0 Å². The number of rotatable bonds is 3. The lowest BCUT2D eigenvalue weighted by Gasteiger charge is -2.00. The molecule has 0 aliphatic rings. The fraction of sp³-hybridized carbons (Fsp3) is 0.214. The Morgan fingerprint density at radius 1 is 1.29 bits per heavy atom. The predicted molar refractivity (Wildman–Crippen MR) is 69.8 cm³/mol. The van der Waals surface area contributed by atoms with Gasteiger partial charge in [0.15, 0.2) is 0 Å². The standard InChI is InChI=1S/C14H14N2O/c1-10(7-11(2)17)16-13-8-12-5-3-4-6-14(12)15-9-13/h3-6,8-9H,7H2,1-2H3/b16-10+. The van der Waals surface area contributed by atoms with Crippen LogP contribution in [0.5, 0.6) is 0 Å². The average molecular weight is 226 g/mol. The van der Waals surface area contributed by atoms with E-state index in [1.165, 1.54) is 0 Å². The molecule has 0 aliphatic carbocycles. The van der Waals surface area contributed by atoms with E-state index in [1.54, 1.807) is 13.1 Å². The smallest absolute Gasteiger partial charge is 0.135 e. The van der Waals surface area contributed by atoms with Gasteiger partial charge in [0.1, 0.15) is 5.78 Å². The molecule has 0 atom stereocenters. The summed E-state index contributed by atoms with van der Waals surface area (Å²) in [5, 5.41) is 1.06. The van der Waals surface area contributed by atoms with E-state index >= 15 is 0 Å². The lowest BCUT2D eigenvalue weighted by atomic mass is 10.2. The highest BCUT2D eigenvalue weighted by Gasteiger charge is 1.99. The summed E-state index contributed by atoms with van der Waals surface area (Å²) in [6.07, 6.45) is 2.12. The van der Waals surface area contributed by atoms with E-state index in [9.17, 15) is 4.79 Å². The van der Waals surface area contributed by atoms with Crippen LogP contribution in [0.1, 0.15) is 20.3 Å². The number of aliphatic imine (C=N–C) groups is 1. The van der Waals surface area contributed by atoms with Crippen LogP contribution in [0.4, 0.5) is 5.69 Å². The normalized spacial score (nSPS) is 11.8. The van der Waals surface area contributed by atoms with Crippen molar-refractivity contribution in [2.24, 2.45) is 4.99 Å². The molecule has 86 valence electrons. The quantitative estimate of drug-likeness (QED) is 0.753. The van der Waals surface area contributed by atoms with Gasteiger partial charge in [-0.3, -0.25) is 14.8 Å². The molecule has 0 spiro atoms. The second-order valence-corrected chi connectivity index (χ2v) is 4.11. The molecule has 0 unspecified atom stereocenters. The highest BCUT2D eigenvalue weighted by molar-refractivity contribution is 6.00. The van der Waals surface area contributed by atoms with Crippen LogP contribution in [0, 0.1) is 0 Å². The first-order valence-corrected chi connectivity index (χ1v) is 5.53. The number of benzene rings is 1. The molecule has 0 saturated carbocycles. The monoisotopic (exact) mass is 226 g/mol. The highest BCUT2D eigenvalue weighted by Crippen LogP contribution is 2.18. The van der Waals surface area contributed by atoms with Gasteiger partial charge in [-0.15, -0.1) is 0 Å². The van der Waals surface area contributed by atoms with Gasteiger partial charge in [0.25, 0.3) is 0 Å². The van der Waals surface area contributed by atoms with E-state index < -0.39 is 0 Å². The molecule has 0 fully saturated rings. The number of Topliss-reactive ketones (excluding diaryl/α,β-unsaturated/α-hetero) is 1. The number of aromatic nitrogens is 1. The van der Waals surface area contributed by atoms with Gasteiger partial charge in [0, 0.05) is 17.5 Å². The molecule has 0 saturated heterocycles. The maximum absolute atomic E-state index is 11.0. The molecule has 0 radical (unpaired) electrons. The van der Waals surface area contributed by atoms with Crippen molar-refractivity contribution in [1.82, 2.24) is 4.98 Å². The number of nitrogens with zero attached hydrogens (tertiary/aromatic N) is 2. The molecule has 2 aromatic rings. The van der Waals surface area contributed by atoms with Crippen LogP contribution in [-0.2, 0) is 4.79 Å². The number of para-hydroxylation sites is 1. The highest BCUT2D eigenvalue weighted by atomic mass is 16.1. The van der Waals surface area contributed by atoms with Crippen molar-refractivity contribution in [3.8, 4) is 0 Å². The molecule has 1 aromatic heterocycles. The molecule has 0 amide bonds. The summed E-state index contributed by atoms with van der Waals surface area (Å²) >= 11 is 0. The van der Waals surface area contributed by atoms with Crippen LogP contribution in [0.25, 0.3) is 10.9 Å². The van der Waals surface area contributed by atoms with E-state index in [1.807, 2.05) is 37.3 Å². The summed E-state index contributed by atoms with van der Waals surface area (Å²) in [6, 6.07) is 9.87. The summed E-state index contributed by atoms with van der Waals surface area (Å²) < 4.78 is 0. The van der Waals surface area contributed by atoms with Crippen LogP contribution in [0.15, 0.2) is 41.5 Å². The number of carbonyl (C=O) groups excluding carboxylic acids is 1. The minimum Gasteiger partial charge on any atom is -0.300 e. The largest absolute Gasteiger partial charge is 0.300 e. The summed E-state index contributed by atoms with van der Waals surface area (Å²) in [7, 11) is 0. The Morgan fingerprint density at radius 2 is 2.06 bits per heavy atom. The molecule has 0 aliphatic heterocycles. The zero-order valence-corrected chi connectivity index (χ0v) is 9.97. The average Bonchev–Trinajstić information content (AvgIpc) is 2.27. The Hall–Kier alpha value is -2.03. The van der Waals surface area contributed by atoms with Crippen LogP contribution in [0.2, 0.25) is 0 Å². The van der Waals surface area contributed by atoms with Crippen LogP contribution >= 0.6 is 0 Å². The van der Waals surface area contributed by atoms with E-state index in [0.717, 1.165) is 22.3 Å². The molecular formula is C14H14N2O. The van der Waals surface area contributed by atoms with Crippen molar-refractivity contribution in [2.45, 2.75) is 20.3 Å². The minimum atomic E-state index is 0.125. The summed E-state index contributed by atoms with van der Waals surface area (Å²) in [6.45, 7) is 3.42. The summed E-state index contributed by atoms with van der Waals surface area (Å²) in [5.74, 6) is 0.125. The van der Waals surface area contributed by atoms with Crippen molar-refractivity contribution < 1.29 is 4.79 Å². The summed E-state index contributed by atoms with van der Waals surface area (Å²) in [4.78, 5) is 19.7. The fourth-order valence-electron chi connectivity index (χ4n) is 1.74. The molecule has 3 nitrogen and oxygen atoms in total. The van der Waals surface area contributed by atoms with Gasteiger partial charge >= 0.3 is 0 Å². The van der Waals surface area contributed by atoms with Gasteiger partial charge in [-0.2, -0.15) is 0 Å². The molecule has 2 rings (SSSR count). The summed E-state index contributed by atoms with van der Waals surface area (Å²) in [5.41, 5.74) is 2.56. The predicted octanol–water partition coefficient (Wildman–Crippen LogP) is 3.31. The molecule has 0 N–H and O–H groups in total. The van der Waals surface area contributed by atoms with E-state index in [-0.39, 0.29) is 5.78 Å². The second kappa shape index (κ2) is 4.87.